The standard InChI is InChI=1S/C16H20N2/c1-11-6-5-7-14(8-11)18(4)16-10-13(3)12(2)9-15(16)17/h5-10H,17H2,1-4H3. The molecule has 0 spiro atoms. The highest BCUT2D eigenvalue weighted by molar-refractivity contribution is 5.76. The number of aryl methyl sites for hydroxylation is 3. The topological polar surface area (TPSA) is 29.3 Å². The van der Waals surface area contributed by atoms with Crippen molar-refractivity contribution < 1.29 is 0 Å². The summed E-state index contributed by atoms with van der Waals surface area (Å²) in [5.74, 6) is 0. The molecule has 0 radical (unpaired) electrons. The lowest BCUT2D eigenvalue weighted by atomic mass is 10.1. The molecule has 0 aliphatic rings. The maximum atomic E-state index is 6.12. The van der Waals surface area contributed by atoms with Gasteiger partial charge in [0.25, 0.3) is 0 Å². The largest absolute Gasteiger partial charge is 0.397 e. The Bertz CT molecular complexity index is 573. The maximum Gasteiger partial charge on any atom is 0.0644 e. The molecule has 2 nitrogen and oxygen atoms in total. The van der Waals surface area contributed by atoms with Crippen LogP contribution in [0.15, 0.2) is 36.4 Å². The summed E-state index contributed by atoms with van der Waals surface area (Å²) in [7, 11) is 2.05. The van der Waals surface area contributed by atoms with Crippen LogP contribution in [0.4, 0.5) is 17.1 Å². The molecule has 0 saturated heterocycles. The second-order valence-electron chi connectivity index (χ2n) is 4.89. The van der Waals surface area contributed by atoms with Gasteiger partial charge in [0, 0.05) is 12.7 Å². The quantitative estimate of drug-likeness (QED) is 0.805. The third-order valence-corrected chi connectivity index (χ3v) is 3.39. The van der Waals surface area contributed by atoms with E-state index in [1.165, 1.54) is 16.7 Å². The SMILES string of the molecule is Cc1cccc(N(C)c2cc(C)c(C)cc2N)c1. The Morgan fingerprint density at radius 2 is 1.61 bits per heavy atom. The van der Waals surface area contributed by atoms with Gasteiger partial charge >= 0.3 is 0 Å². The van der Waals surface area contributed by atoms with Crippen molar-refractivity contribution in [2.75, 3.05) is 17.7 Å². The summed E-state index contributed by atoms with van der Waals surface area (Å²) >= 11 is 0. The Morgan fingerprint density at radius 1 is 0.944 bits per heavy atom. The molecular weight excluding hydrogens is 220 g/mol. The van der Waals surface area contributed by atoms with Crippen LogP contribution >= 0.6 is 0 Å². The van der Waals surface area contributed by atoms with Crippen molar-refractivity contribution in [2.45, 2.75) is 20.8 Å². The second kappa shape index (κ2) is 4.73. The van der Waals surface area contributed by atoms with Crippen molar-refractivity contribution in [2.24, 2.45) is 0 Å². The first-order valence-corrected chi connectivity index (χ1v) is 6.16. The fourth-order valence-corrected chi connectivity index (χ4v) is 2.09. The normalized spacial score (nSPS) is 10.4. The zero-order valence-electron chi connectivity index (χ0n) is 11.5. The van der Waals surface area contributed by atoms with Gasteiger partial charge in [-0.25, -0.2) is 0 Å². The van der Waals surface area contributed by atoms with Crippen molar-refractivity contribution in [3.63, 3.8) is 0 Å². The van der Waals surface area contributed by atoms with Crippen molar-refractivity contribution in [3.8, 4) is 0 Å². The first-order chi connectivity index (χ1) is 8.49. The molecule has 0 unspecified atom stereocenters. The highest BCUT2D eigenvalue weighted by Gasteiger charge is 2.09. The Morgan fingerprint density at radius 3 is 2.28 bits per heavy atom. The molecule has 0 aromatic heterocycles. The van der Waals surface area contributed by atoms with Crippen LogP contribution in [0, 0.1) is 20.8 Å². The first-order valence-electron chi connectivity index (χ1n) is 6.16. The molecule has 18 heavy (non-hydrogen) atoms. The summed E-state index contributed by atoms with van der Waals surface area (Å²) < 4.78 is 0. The molecule has 2 aromatic rings. The maximum absolute atomic E-state index is 6.12. The van der Waals surface area contributed by atoms with Gasteiger partial charge in [-0.2, -0.15) is 0 Å². The van der Waals surface area contributed by atoms with Gasteiger partial charge in [0.05, 0.1) is 11.4 Å². The highest BCUT2D eigenvalue weighted by atomic mass is 15.1. The molecule has 2 aromatic carbocycles. The van der Waals surface area contributed by atoms with Crippen LogP contribution in [0.1, 0.15) is 16.7 Å². The Balaban J connectivity index is 2.46. The molecule has 2 N–H and O–H groups in total. The average molecular weight is 240 g/mol. The lowest BCUT2D eigenvalue weighted by Crippen LogP contribution is -2.12. The molecule has 94 valence electrons. The minimum absolute atomic E-state index is 0.821. The van der Waals surface area contributed by atoms with Crippen LogP contribution in [-0.2, 0) is 0 Å². The van der Waals surface area contributed by atoms with Crippen molar-refractivity contribution >= 4 is 17.1 Å². The van der Waals surface area contributed by atoms with Gasteiger partial charge in [-0.1, -0.05) is 12.1 Å². The van der Waals surface area contributed by atoms with E-state index in [4.69, 9.17) is 5.73 Å². The molecule has 0 saturated carbocycles. The minimum atomic E-state index is 0.821. The molecule has 2 rings (SSSR count). The summed E-state index contributed by atoms with van der Waals surface area (Å²) in [4.78, 5) is 2.13. The zero-order chi connectivity index (χ0) is 13.3. The van der Waals surface area contributed by atoms with E-state index in [0.717, 1.165) is 17.1 Å². The number of nitrogens with zero attached hydrogens (tertiary/aromatic N) is 1. The summed E-state index contributed by atoms with van der Waals surface area (Å²) in [6.07, 6.45) is 0. The van der Waals surface area contributed by atoms with E-state index in [2.05, 4.69) is 63.1 Å². The van der Waals surface area contributed by atoms with E-state index < -0.39 is 0 Å². The molecule has 0 bridgehead atoms. The molecule has 0 fully saturated rings. The predicted octanol–water partition coefficient (Wildman–Crippen LogP) is 3.96. The Labute approximate surface area is 109 Å². The third kappa shape index (κ3) is 2.33. The number of hydrogen-bond donors (Lipinski definition) is 1. The summed E-state index contributed by atoms with van der Waals surface area (Å²) in [6.45, 7) is 6.30. The zero-order valence-corrected chi connectivity index (χ0v) is 11.5. The Hall–Kier alpha value is -1.96. The van der Waals surface area contributed by atoms with Crippen LogP contribution in [0.25, 0.3) is 0 Å². The molecule has 0 aliphatic heterocycles. The predicted molar refractivity (Wildman–Crippen MR) is 79.6 cm³/mol. The van der Waals surface area contributed by atoms with E-state index in [1.54, 1.807) is 0 Å². The van der Waals surface area contributed by atoms with E-state index in [0.29, 0.717) is 0 Å². The van der Waals surface area contributed by atoms with Crippen molar-refractivity contribution in [1.29, 1.82) is 0 Å². The van der Waals surface area contributed by atoms with E-state index in [9.17, 15) is 0 Å². The molecule has 0 atom stereocenters. The van der Waals surface area contributed by atoms with E-state index in [-0.39, 0.29) is 0 Å². The molecule has 0 heterocycles. The van der Waals surface area contributed by atoms with Crippen LogP contribution < -0.4 is 10.6 Å². The molecule has 0 amide bonds. The number of nitrogens with two attached hydrogens (primary N) is 1. The number of anilines is 3. The van der Waals surface area contributed by atoms with Gasteiger partial charge in [-0.05, 0) is 61.7 Å². The molecule has 2 heteroatoms. The number of nitrogen functional groups attached to an aromatic ring is 1. The fraction of sp³-hybridized carbons (Fsp3) is 0.250. The van der Waals surface area contributed by atoms with E-state index in [1.807, 2.05) is 6.07 Å². The number of rotatable bonds is 2. The molecular formula is C16H20N2. The lowest BCUT2D eigenvalue weighted by Gasteiger charge is -2.23. The van der Waals surface area contributed by atoms with Gasteiger partial charge in [0.2, 0.25) is 0 Å². The second-order valence-corrected chi connectivity index (χ2v) is 4.89. The van der Waals surface area contributed by atoms with Gasteiger partial charge in [0.15, 0.2) is 0 Å². The summed E-state index contributed by atoms with van der Waals surface area (Å²) in [5.41, 5.74) is 12.9. The number of benzene rings is 2. The van der Waals surface area contributed by atoms with Crippen molar-refractivity contribution in [3.05, 3.63) is 53.1 Å². The van der Waals surface area contributed by atoms with Gasteiger partial charge in [-0.15, -0.1) is 0 Å². The summed E-state index contributed by atoms with van der Waals surface area (Å²) in [5, 5.41) is 0. The van der Waals surface area contributed by atoms with Crippen LogP contribution in [0.2, 0.25) is 0 Å². The smallest absolute Gasteiger partial charge is 0.0644 e. The summed E-state index contributed by atoms with van der Waals surface area (Å²) in [6, 6.07) is 12.6. The Kier molecular flexibility index (Phi) is 3.28. The average Bonchev–Trinajstić information content (AvgIpc) is 2.33. The monoisotopic (exact) mass is 240 g/mol. The van der Waals surface area contributed by atoms with Gasteiger partial charge in [-0.3, -0.25) is 0 Å². The number of hydrogen-bond acceptors (Lipinski definition) is 2. The van der Waals surface area contributed by atoms with Crippen LogP contribution in [0.5, 0.6) is 0 Å². The fourth-order valence-electron chi connectivity index (χ4n) is 2.09. The first kappa shape index (κ1) is 12.5. The third-order valence-electron chi connectivity index (χ3n) is 3.39. The highest BCUT2D eigenvalue weighted by Crippen LogP contribution is 2.31. The van der Waals surface area contributed by atoms with E-state index >= 15 is 0 Å². The lowest BCUT2D eigenvalue weighted by molar-refractivity contribution is 1.19. The minimum Gasteiger partial charge on any atom is -0.397 e. The van der Waals surface area contributed by atoms with Crippen LogP contribution in [0.3, 0.4) is 0 Å². The van der Waals surface area contributed by atoms with Crippen LogP contribution in [-0.4, -0.2) is 7.05 Å². The molecule has 0 aliphatic carbocycles. The van der Waals surface area contributed by atoms with Crippen molar-refractivity contribution in [1.82, 2.24) is 0 Å². The van der Waals surface area contributed by atoms with Gasteiger partial charge < -0.3 is 10.6 Å². The van der Waals surface area contributed by atoms with Gasteiger partial charge in [0.1, 0.15) is 0 Å².